The van der Waals surface area contributed by atoms with E-state index in [0.29, 0.717) is 37.5 Å². The van der Waals surface area contributed by atoms with E-state index in [1.165, 1.54) is 4.90 Å². The van der Waals surface area contributed by atoms with Crippen LogP contribution in [0.2, 0.25) is 10.2 Å². The molecule has 1 aliphatic carbocycles. The van der Waals surface area contributed by atoms with Crippen molar-refractivity contribution < 1.29 is 23.5 Å². The van der Waals surface area contributed by atoms with E-state index in [9.17, 15) is 18.8 Å². The number of likely N-dealkylation sites (tertiary alicyclic amines) is 2. The van der Waals surface area contributed by atoms with Gasteiger partial charge in [-0.3, -0.25) is 9.59 Å². The fourth-order valence-corrected chi connectivity index (χ4v) is 6.44. The third-order valence-corrected chi connectivity index (χ3v) is 9.58. The van der Waals surface area contributed by atoms with Gasteiger partial charge in [-0.05, 0) is 42.9 Å². The summed E-state index contributed by atoms with van der Waals surface area (Å²) in [6, 6.07) is 6.11. The second kappa shape index (κ2) is 11.9. The Bertz CT molecular complexity index is 1350. The summed E-state index contributed by atoms with van der Waals surface area (Å²) >= 11 is 18.5. The minimum absolute atomic E-state index is 0.00449. The topological polar surface area (TPSA) is 83.1 Å². The van der Waals surface area contributed by atoms with E-state index in [0.717, 1.165) is 36.2 Å². The van der Waals surface area contributed by atoms with Crippen molar-refractivity contribution in [3.63, 3.8) is 0 Å². The lowest BCUT2D eigenvalue weighted by Gasteiger charge is -2.34. The second-order valence-electron chi connectivity index (χ2n) is 11.5. The van der Waals surface area contributed by atoms with Crippen molar-refractivity contribution in [2.75, 3.05) is 33.2 Å². The molecule has 12 heteroatoms. The van der Waals surface area contributed by atoms with Crippen LogP contribution in [0.5, 0.6) is 5.75 Å². The molecule has 2 aliphatic heterocycles. The van der Waals surface area contributed by atoms with Crippen LogP contribution in [0.15, 0.2) is 30.5 Å². The van der Waals surface area contributed by atoms with Crippen molar-refractivity contribution in [3.8, 4) is 5.75 Å². The Balaban J connectivity index is 1.32. The third-order valence-electron chi connectivity index (χ3n) is 8.65. The lowest BCUT2D eigenvalue weighted by Crippen LogP contribution is -2.46. The van der Waals surface area contributed by atoms with Crippen molar-refractivity contribution in [2.45, 2.75) is 50.4 Å². The molecule has 3 heterocycles. The monoisotopic (exact) mass is 624 g/mol. The zero-order valence-corrected chi connectivity index (χ0v) is 25.2. The molecule has 1 saturated carbocycles. The zero-order chi connectivity index (χ0) is 29.5. The summed E-state index contributed by atoms with van der Waals surface area (Å²) in [5.41, 5.74) is 1.41. The van der Waals surface area contributed by atoms with Crippen LogP contribution in [0.25, 0.3) is 0 Å². The molecule has 0 radical (unpaired) electrons. The van der Waals surface area contributed by atoms with Crippen molar-refractivity contribution in [2.24, 2.45) is 11.3 Å². The molecule has 0 spiro atoms. The van der Waals surface area contributed by atoms with E-state index in [2.05, 4.69) is 4.98 Å². The number of carbonyl (C=O) groups is 3. The van der Waals surface area contributed by atoms with Crippen LogP contribution < -0.4 is 4.74 Å². The Hall–Kier alpha value is -2.62. The number of carbonyl (C=O) groups excluding carboxylic acids is 3. The van der Waals surface area contributed by atoms with Crippen LogP contribution in [-0.4, -0.2) is 76.9 Å². The Labute approximate surface area is 253 Å². The number of benzene rings is 1. The minimum Gasteiger partial charge on any atom is -0.407 e. The van der Waals surface area contributed by atoms with Gasteiger partial charge in [-0.1, -0.05) is 42.3 Å². The van der Waals surface area contributed by atoms with Crippen LogP contribution in [0.1, 0.15) is 49.7 Å². The van der Waals surface area contributed by atoms with Gasteiger partial charge in [0.2, 0.25) is 11.8 Å². The molecule has 0 bridgehead atoms. The first-order valence-corrected chi connectivity index (χ1v) is 15.0. The van der Waals surface area contributed by atoms with Gasteiger partial charge in [-0.25, -0.2) is 14.2 Å². The molecule has 1 aromatic carbocycles. The normalized spacial score (nSPS) is 22.0. The number of amides is 3. The zero-order valence-electron chi connectivity index (χ0n) is 22.9. The molecular weight excluding hydrogens is 594 g/mol. The maximum Gasteiger partial charge on any atom is 0.415 e. The first-order valence-electron chi connectivity index (χ1n) is 13.7. The maximum absolute atomic E-state index is 13.7. The highest BCUT2D eigenvalue weighted by atomic mass is 35.5. The molecule has 1 aromatic heterocycles. The first-order chi connectivity index (χ1) is 19.5. The number of hydrogen-bond donors (Lipinski definition) is 0. The molecule has 220 valence electrons. The number of halogens is 4. The average molecular weight is 626 g/mol. The van der Waals surface area contributed by atoms with Crippen molar-refractivity contribution in [3.05, 3.63) is 57.6 Å². The fourth-order valence-electron chi connectivity index (χ4n) is 5.74. The summed E-state index contributed by atoms with van der Waals surface area (Å²) < 4.78 is 19.1. The summed E-state index contributed by atoms with van der Waals surface area (Å²) in [4.78, 5) is 48.4. The molecule has 5 rings (SSSR count). The smallest absolute Gasteiger partial charge is 0.407 e. The Morgan fingerprint density at radius 2 is 1.83 bits per heavy atom. The molecule has 3 fully saturated rings. The van der Waals surface area contributed by atoms with Gasteiger partial charge in [0.15, 0.2) is 10.9 Å². The number of ether oxygens (including phenoxy) is 1. The lowest BCUT2D eigenvalue weighted by atomic mass is 9.92. The number of aromatic nitrogens is 1. The number of nitrogens with zero attached hydrogens (tertiary/aromatic N) is 4. The number of likely N-dealkylation sites (N-methyl/N-ethyl adjacent to an activating group) is 1. The summed E-state index contributed by atoms with van der Waals surface area (Å²) in [5, 5.41) is 0.363. The fraction of sp³-hybridized carbons (Fsp3) is 0.517. The van der Waals surface area contributed by atoms with E-state index in [-0.39, 0.29) is 52.4 Å². The molecule has 3 aliphatic rings. The quantitative estimate of drug-likeness (QED) is 0.303. The Morgan fingerprint density at radius 3 is 2.46 bits per heavy atom. The van der Waals surface area contributed by atoms with E-state index in [1.807, 2.05) is 30.0 Å². The minimum atomic E-state index is -0.757. The number of alkyl halides is 1. The van der Waals surface area contributed by atoms with Crippen molar-refractivity contribution in [1.82, 2.24) is 19.7 Å². The molecule has 2 aromatic rings. The summed E-state index contributed by atoms with van der Waals surface area (Å²) in [6.07, 6.45) is 3.23. The maximum atomic E-state index is 13.7. The van der Waals surface area contributed by atoms with Crippen molar-refractivity contribution >= 4 is 52.7 Å². The van der Waals surface area contributed by atoms with Crippen LogP contribution >= 0.6 is 34.8 Å². The van der Waals surface area contributed by atoms with Gasteiger partial charge in [-0.2, -0.15) is 0 Å². The standard InChI is InChI=1S/C29H32Cl3FN4O4/c1-29(7-8-29)27(39)36-9-5-17(6-10-36)26(38)37-15-21(18-3-4-19(13-30)22(31)11-18)23(16-37)35(2)28(40)41-24-12-20(33)14-34-25(24)32/h3-4,11-12,14,17,21,23H,5-10,13,15-16H2,1-2H3/t21-,23+/m0/s1. The second-order valence-corrected chi connectivity index (χ2v) is 12.5. The van der Waals surface area contributed by atoms with Gasteiger partial charge in [0, 0.05) is 67.4 Å². The van der Waals surface area contributed by atoms with Crippen LogP contribution in [-0.2, 0) is 15.5 Å². The molecule has 0 unspecified atom stereocenters. The van der Waals surface area contributed by atoms with Crippen LogP contribution in [0.3, 0.4) is 0 Å². The summed E-state index contributed by atoms with van der Waals surface area (Å²) in [6.45, 7) is 3.78. The first kappa shape index (κ1) is 29.9. The Morgan fingerprint density at radius 1 is 1.12 bits per heavy atom. The highest BCUT2D eigenvalue weighted by Gasteiger charge is 2.48. The van der Waals surface area contributed by atoms with E-state index in [4.69, 9.17) is 39.5 Å². The van der Waals surface area contributed by atoms with Gasteiger partial charge in [0.25, 0.3) is 0 Å². The van der Waals surface area contributed by atoms with Gasteiger partial charge in [0.1, 0.15) is 5.82 Å². The van der Waals surface area contributed by atoms with E-state index < -0.39 is 18.0 Å². The molecule has 3 amide bonds. The predicted octanol–water partition coefficient (Wildman–Crippen LogP) is 5.73. The molecule has 8 nitrogen and oxygen atoms in total. The molecule has 2 saturated heterocycles. The predicted molar refractivity (Wildman–Crippen MR) is 154 cm³/mol. The molecule has 41 heavy (non-hydrogen) atoms. The summed E-state index contributed by atoms with van der Waals surface area (Å²) in [5.74, 6) is -0.906. The van der Waals surface area contributed by atoms with Gasteiger partial charge >= 0.3 is 6.09 Å². The van der Waals surface area contributed by atoms with Crippen LogP contribution in [0.4, 0.5) is 9.18 Å². The third kappa shape index (κ3) is 6.27. The van der Waals surface area contributed by atoms with Gasteiger partial charge < -0.3 is 19.4 Å². The van der Waals surface area contributed by atoms with Crippen molar-refractivity contribution in [1.29, 1.82) is 0 Å². The number of piperidine rings is 1. The average Bonchev–Trinajstić information content (AvgIpc) is 3.56. The molecular formula is C29H32Cl3FN4O4. The van der Waals surface area contributed by atoms with Gasteiger partial charge in [-0.15, -0.1) is 11.6 Å². The molecule has 2 atom stereocenters. The Kier molecular flexibility index (Phi) is 8.69. The van der Waals surface area contributed by atoms with E-state index >= 15 is 0 Å². The lowest BCUT2D eigenvalue weighted by molar-refractivity contribution is -0.142. The number of pyridine rings is 1. The number of hydrogen-bond acceptors (Lipinski definition) is 5. The summed E-state index contributed by atoms with van der Waals surface area (Å²) in [7, 11) is 1.58. The molecule has 0 N–H and O–H groups in total. The highest BCUT2D eigenvalue weighted by molar-refractivity contribution is 6.32. The van der Waals surface area contributed by atoms with Gasteiger partial charge in [0.05, 0.1) is 12.2 Å². The highest BCUT2D eigenvalue weighted by Crippen LogP contribution is 2.47. The SMILES string of the molecule is CN(C(=O)Oc1cc(F)cnc1Cl)[C@@H]1CN(C(=O)C2CCN(C(=O)C3(C)CC3)CC2)C[C@H]1c1ccc(CCl)c(Cl)c1. The largest absolute Gasteiger partial charge is 0.415 e. The number of rotatable bonds is 6. The van der Waals surface area contributed by atoms with E-state index in [1.54, 1.807) is 11.9 Å². The van der Waals surface area contributed by atoms with Crippen LogP contribution in [0, 0.1) is 17.2 Å².